The van der Waals surface area contributed by atoms with E-state index in [9.17, 15) is 9.50 Å². The van der Waals surface area contributed by atoms with Gasteiger partial charge in [0.1, 0.15) is 5.82 Å². The number of rotatable bonds is 4. The van der Waals surface area contributed by atoms with Gasteiger partial charge >= 0.3 is 0 Å². The summed E-state index contributed by atoms with van der Waals surface area (Å²) in [4.78, 5) is 4.31. The molecule has 3 rings (SSSR count). The smallest absolute Gasteiger partial charge is 0.123 e. The molecule has 3 aromatic rings. The van der Waals surface area contributed by atoms with E-state index < -0.39 is 6.10 Å². The van der Waals surface area contributed by atoms with Crippen LogP contribution in [0.5, 0.6) is 0 Å². The second-order valence-corrected chi connectivity index (χ2v) is 5.31. The Hall–Kier alpha value is -2.20. The molecule has 0 amide bonds. The van der Waals surface area contributed by atoms with E-state index >= 15 is 0 Å². The van der Waals surface area contributed by atoms with E-state index in [1.165, 1.54) is 12.1 Å². The van der Waals surface area contributed by atoms with Crippen molar-refractivity contribution in [3.8, 4) is 0 Å². The van der Waals surface area contributed by atoms with Crippen molar-refractivity contribution in [1.82, 2.24) is 9.55 Å². The Morgan fingerprint density at radius 3 is 2.86 bits per heavy atom. The van der Waals surface area contributed by atoms with Crippen LogP contribution in [0.4, 0.5) is 4.39 Å². The molecule has 0 fully saturated rings. The first kappa shape index (κ1) is 13.8. The average molecular weight is 284 g/mol. The fourth-order valence-corrected chi connectivity index (χ4v) is 2.59. The van der Waals surface area contributed by atoms with E-state index in [2.05, 4.69) is 4.98 Å². The topological polar surface area (TPSA) is 38.0 Å². The zero-order valence-corrected chi connectivity index (χ0v) is 11.8. The molecule has 0 saturated carbocycles. The van der Waals surface area contributed by atoms with E-state index in [0.29, 0.717) is 13.0 Å². The molecule has 0 bridgehead atoms. The number of aryl methyl sites for hydroxylation is 1. The summed E-state index contributed by atoms with van der Waals surface area (Å²) in [5, 5.41) is 10.3. The van der Waals surface area contributed by atoms with E-state index in [1.807, 2.05) is 35.8 Å². The molecule has 1 unspecified atom stereocenters. The normalized spacial score (nSPS) is 12.7. The molecule has 1 heterocycles. The third kappa shape index (κ3) is 2.95. The fraction of sp³-hybridized carbons (Fsp3) is 0.235. The van der Waals surface area contributed by atoms with Gasteiger partial charge in [0.15, 0.2) is 0 Å². The molecule has 1 N–H and O–H groups in total. The van der Waals surface area contributed by atoms with Gasteiger partial charge in [0.05, 0.1) is 30.0 Å². The lowest BCUT2D eigenvalue weighted by Crippen LogP contribution is -2.18. The van der Waals surface area contributed by atoms with E-state index in [4.69, 9.17) is 0 Å². The van der Waals surface area contributed by atoms with Crippen LogP contribution in [0.3, 0.4) is 0 Å². The lowest BCUT2D eigenvalue weighted by Gasteiger charge is -2.14. The van der Waals surface area contributed by atoms with Gasteiger partial charge in [-0.3, -0.25) is 0 Å². The monoisotopic (exact) mass is 284 g/mol. The maximum absolute atomic E-state index is 13.1. The highest BCUT2D eigenvalue weighted by atomic mass is 19.1. The van der Waals surface area contributed by atoms with Crippen molar-refractivity contribution in [3.63, 3.8) is 0 Å². The Kier molecular flexibility index (Phi) is 3.71. The number of fused-ring (bicyclic) bond motifs is 1. The number of aromatic nitrogens is 2. The third-order valence-electron chi connectivity index (χ3n) is 3.69. The van der Waals surface area contributed by atoms with E-state index in [-0.39, 0.29) is 5.82 Å². The quantitative estimate of drug-likeness (QED) is 0.799. The molecule has 108 valence electrons. The molecular formula is C17H17FN2O. The molecule has 0 radical (unpaired) electrons. The van der Waals surface area contributed by atoms with Gasteiger partial charge in [0, 0.05) is 6.42 Å². The van der Waals surface area contributed by atoms with Gasteiger partial charge in [-0.25, -0.2) is 9.37 Å². The summed E-state index contributed by atoms with van der Waals surface area (Å²) in [6, 6.07) is 12.5. The Labute approximate surface area is 122 Å². The minimum absolute atomic E-state index is 0.244. The van der Waals surface area contributed by atoms with Crippen molar-refractivity contribution in [2.24, 2.45) is 0 Å². The first-order valence-electron chi connectivity index (χ1n) is 6.96. The van der Waals surface area contributed by atoms with Crippen LogP contribution in [-0.2, 0) is 13.0 Å². The number of imidazole rings is 1. The number of halogens is 1. The average Bonchev–Trinajstić information content (AvgIpc) is 2.85. The zero-order valence-electron chi connectivity index (χ0n) is 11.8. The highest BCUT2D eigenvalue weighted by Gasteiger charge is 2.11. The predicted octanol–water partition coefficient (Wildman–Crippen LogP) is 3.09. The van der Waals surface area contributed by atoms with Crippen LogP contribution in [0.25, 0.3) is 11.0 Å². The Bertz CT molecular complexity index is 766. The number of hydrogen-bond acceptors (Lipinski definition) is 2. The number of aliphatic hydroxyl groups is 1. The van der Waals surface area contributed by atoms with E-state index in [0.717, 1.165) is 22.2 Å². The second-order valence-electron chi connectivity index (χ2n) is 5.31. The zero-order chi connectivity index (χ0) is 14.8. The summed E-state index contributed by atoms with van der Waals surface area (Å²) in [6.45, 7) is 2.33. The first-order valence-corrected chi connectivity index (χ1v) is 6.96. The van der Waals surface area contributed by atoms with Crippen molar-refractivity contribution in [3.05, 3.63) is 65.7 Å². The molecule has 0 spiro atoms. The van der Waals surface area contributed by atoms with Gasteiger partial charge in [0.2, 0.25) is 0 Å². The molecule has 1 aromatic heterocycles. The molecule has 0 aliphatic carbocycles. The maximum atomic E-state index is 13.1. The molecule has 0 aliphatic rings. The summed E-state index contributed by atoms with van der Waals surface area (Å²) >= 11 is 0. The first-order chi connectivity index (χ1) is 10.1. The standard InChI is InChI=1S/C17H17FN2O/c1-12-8-14(18)7-6-13(12)9-15(21)10-20-11-19-16-4-2-3-5-17(16)20/h2-8,11,15,21H,9-10H2,1H3. The molecule has 0 saturated heterocycles. The molecule has 21 heavy (non-hydrogen) atoms. The van der Waals surface area contributed by atoms with Crippen molar-refractivity contribution in [1.29, 1.82) is 0 Å². The number of nitrogens with zero attached hydrogens (tertiary/aromatic N) is 2. The molecule has 2 aromatic carbocycles. The molecule has 4 heteroatoms. The Morgan fingerprint density at radius 1 is 1.24 bits per heavy atom. The molecule has 1 atom stereocenters. The van der Waals surface area contributed by atoms with Gasteiger partial charge < -0.3 is 9.67 Å². The maximum Gasteiger partial charge on any atom is 0.123 e. The lowest BCUT2D eigenvalue weighted by atomic mass is 10.0. The third-order valence-corrected chi connectivity index (χ3v) is 3.69. The second kappa shape index (κ2) is 5.66. The van der Waals surface area contributed by atoms with Crippen LogP contribution in [0.2, 0.25) is 0 Å². The number of para-hydroxylation sites is 2. The fourth-order valence-electron chi connectivity index (χ4n) is 2.59. The van der Waals surface area contributed by atoms with Crippen molar-refractivity contribution >= 4 is 11.0 Å². The van der Waals surface area contributed by atoms with Crippen LogP contribution >= 0.6 is 0 Å². The van der Waals surface area contributed by atoms with Crippen molar-refractivity contribution in [2.45, 2.75) is 26.0 Å². The van der Waals surface area contributed by atoms with Crippen molar-refractivity contribution in [2.75, 3.05) is 0 Å². The Morgan fingerprint density at radius 2 is 2.05 bits per heavy atom. The highest BCUT2D eigenvalue weighted by Crippen LogP contribution is 2.16. The van der Waals surface area contributed by atoms with Crippen molar-refractivity contribution < 1.29 is 9.50 Å². The summed E-state index contributed by atoms with van der Waals surface area (Å²) in [5.74, 6) is -0.244. The number of hydrogen-bond donors (Lipinski definition) is 1. The van der Waals surface area contributed by atoms with Crippen LogP contribution in [0.15, 0.2) is 48.8 Å². The van der Waals surface area contributed by atoms with Crippen LogP contribution < -0.4 is 0 Å². The van der Waals surface area contributed by atoms with Gasteiger partial charge in [-0.05, 0) is 42.3 Å². The van der Waals surface area contributed by atoms with Crippen LogP contribution in [-0.4, -0.2) is 20.8 Å². The predicted molar refractivity (Wildman–Crippen MR) is 80.6 cm³/mol. The largest absolute Gasteiger partial charge is 0.391 e. The highest BCUT2D eigenvalue weighted by molar-refractivity contribution is 5.74. The number of aliphatic hydroxyl groups excluding tert-OH is 1. The molecule has 3 nitrogen and oxygen atoms in total. The summed E-state index contributed by atoms with van der Waals surface area (Å²) in [5.41, 5.74) is 3.76. The SMILES string of the molecule is Cc1cc(F)ccc1CC(O)Cn1cnc2ccccc21. The Balaban J connectivity index is 1.75. The van der Waals surface area contributed by atoms with Gasteiger partial charge in [-0.15, -0.1) is 0 Å². The molecular weight excluding hydrogens is 267 g/mol. The summed E-state index contributed by atoms with van der Waals surface area (Å²) in [7, 11) is 0. The van der Waals surface area contributed by atoms with Gasteiger partial charge in [-0.1, -0.05) is 18.2 Å². The van der Waals surface area contributed by atoms with E-state index in [1.54, 1.807) is 12.4 Å². The molecule has 0 aliphatic heterocycles. The summed E-state index contributed by atoms with van der Waals surface area (Å²) < 4.78 is 15.0. The van der Waals surface area contributed by atoms with Gasteiger partial charge in [-0.2, -0.15) is 0 Å². The lowest BCUT2D eigenvalue weighted by molar-refractivity contribution is 0.155. The number of benzene rings is 2. The van der Waals surface area contributed by atoms with Crippen LogP contribution in [0, 0.1) is 12.7 Å². The minimum atomic E-state index is -0.535. The van der Waals surface area contributed by atoms with Gasteiger partial charge in [0.25, 0.3) is 0 Å². The minimum Gasteiger partial charge on any atom is -0.391 e. The van der Waals surface area contributed by atoms with Crippen LogP contribution in [0.1, 0.15) is 11.1 Å². The summed E-state index contributed by atoms with van der Waals surface area (Å²) in [6.07, 6.45) is 1.70.